The molecule has 2 aromatic rings. The minimum absolute atomic E-state index is 0.0409. The third kappa shape index (κ3) is 4.14. The molecule has 0 unspecified atom stereocenters. The molecule has 0 fully saturated rings. The van der Waals surface area contributed by atoms with Crippen LogP contribution in [0.1, 0.15) is 13.8 Å². The molecule has 0 radical (unpaired) electrons. The van der Waals surface area contributed by atoms with Crippen molar-refractivity contribution in [1.29, 1.82) is 0 Å². The smallest absolute Gasteiger partial charge is 0.408 e. The lowest BCUT2D eigenvalue weighted by Crippen LogP contribution is -2.32. The van der Waals surface area contributed by atoms with Crippen LogP contribution in [0.15, 0.2) is 32.3 Å². The minimum atomic E-state index is -3.67. The largest absolute Gasteiger partial charge is 0.420 e. The summed E-state index contributed by atoms with van der Waals surface area (Å²) in [6, 6.07) is 4.19. The quantitative estimate of drug-likeness (QED) is 0.625. The molecule has 144 valence electrons. The number of nitrogens with zero attached hydrogens (tertiary/aromatic N) is 2. The number of hydrogen-bond donors (Lipinski definition) is 1. The summed E-state index contributed by atoms with van der Waals surface area (Å²) < 4.78 is 37.6. The van der Waals surface area contributed by atoms with E-state index in [2.05, 4.69) is 5.32 Å². The van der Waals surface area contributed by atoms with Crippen LogP contribution in [-0.2, 0) is 26.1 Å². The number of fused-ring (bicyclic) bond motifs is 1. The zero-order valence-corrected chi connectivity index (χ0v) is 15.8. The molecule has 0 aliphatic rings. The van der Waals surface area contributed by atoms with Gasteiger partial charge in [-0.25, -0.2) is 13.2 Å². The van der Waals surface area contributed by atoms with E-state index >= 15 is 0 Å². The number of amides is 1. The average molecular weight is 385 g/mol. The van der Waals surface area contributed by atoms with Gasteiger partial charge in [-0.1, -0.05) is 13.8 Å². The number of carbonyl (C=O) groups is 1. The van der Waals surface area contributed by atoms with Gasteiger partial charge in [-0.05, 0) is 12.1 Å². The van der Waals surface area contributed by atoms with Gasteiger partial charge in [0, 0.05) is 32.8 Å². The molecule has 1 amide bonds. The summed E-state index contributed by atoms with van der Waals surface area (Å²) in [6.45, 7) is 4.63. The molecular weight excluding hydrogens is 362 g/mol. The van der Waals surface area contributed by atoms with Gasteiger partial charge in [0.05, 0.1) is 17.0 Å². The summed E-state index contributed by atoms with van der Waals surface area (Å²) in [4.78, 5) is 24.0. The van der Waals surface area contributed by atoms with Gasteiger partial charge >= 0.3 is 5.76 Å². The maximum absolute atomic E-state index is 12.6. The number of oxazole rings is 1. The molecule has 1 heterocycles. The van der Waals surface area contributed by atoms with Crippen LogP contribution in [0.4, 0.5) is 0 Å². The summed E-state index contributed by atoms with van der Waals surface area (Å²) in [6.07, 6.45) is 0. The predicted octanol–water partition coefficient (Wildman–Crippen LogP) is 0.388. The van der Waals surface area contributed by atoms with E-state index in [-0.39, 0.29) is 22.9 Å². The Balaban J connectivity index is 2.33. The van der Waals surface area contributed by atoms with Crippen molar-refractivity contribution < 1.29 is 22.4 Å². The molecule has 0 aliphatic heterocycles. The molecule has 1 aromatic carbocycles. The number of ether oxygens (including phenoxy) is 1. The highest BCUT2D eigenvalue weighted by Crippen LogP contribution is 2.21. The van der Waals surface area contributed by atoms with E-state index in [9.17, 15) is 18.0 Å². The van der Waals surface area contributed by atoms with E-state index in [0.717, 1.165) is 4.57 Å². The van der Waals surface area contributed by atoms with E-state index < -0.39 is 15.8 Å². The van der Waals surface area contributed by atoms with Crippen LogP contribution in [0.25, 0.3) is 11.1 Å². The Bertz CT molecular complexity index is 927. The number of rotatable bonds is 9. The normalized spacial score (nSPS) is 12.0. The highest BCUT2D eigenvalue weighted by atomic mass is 32.2. The number of hydrogen-bond acceptors (Lipinski definition) is 6. The topological polar surface area (TPSA) is 111 Å². The summed E-state index contributed by atoms with van der Waals surface area (Å²) in [5, 5.41) is 2.61. The molecule has 0 aliphatic carbocycles. The van der Waals surface area contributed by atoms with Crippen molar-refractivity contribution in [3.8, 4) is 0 Å². The second kappa shape index (κ2) is 8.47. The van der Waals surface area contributed by atoms with E-state index in [1.807, 2.05) is 0 Å². The van der Waals surface area contributed by atoms with Crippen molar-refractivity contribution in [2.45, 2.75) is 25.3 Å². The lowest BCUT2D eigenvalue weighted by molar-refractivity contribution is -0.121. The number of carbonyl (C=O) groups excluding carboxylic acids is 1. The third-order valence-corrected chi connectivity index (χ3v) is 5.96. The Morgan fingerprint density at radius 2 is 2.00 bits per heavy atom. The van der Waals surface area contributed by atoms with Gasteiger partial charge in [0.15, 0.2) is 5.58 Å². The van der Waals surface area contributed by atoms with Gasteiger partial charge in [-0.15, -0.1) is 0 Å². The molecular formula is C16H23N3O6S. The van der Waals surface area contributed by atoms with Crippen molar-refractivity contribution in [1.82, 2.24) is 14.2 Å². The number of aromatic nitrogens is 1. The second-order valence-electron chi connectivity index (χ2n) is 5.52. The maximum atomic E-state index is 12.6. The first-order valence-electron chi connectivity index (χ1n) is 8.24. The molecule has 9 nitrogen and oxygen atoms in total. The van der Waals surface area contributed by atoms with Gasteiger partial charge in [0.2, 0.25) is 15.9 Å². The first kappa shape index (κ1) is 20.1. The first-order chi connectivity index (χ1) is 12.3. The van der Waals surface area contributed by atoms with Gasteiger partial charge < -0.3 is 14.5 Å². The predicted molar refractivity (Wildman–Crippen MR) is 95.5 cm³/mol. The fourth-order valence-electron chi connectivity index (χ4n) is 2.56. The van der Waals surface area contributed by atoms with Crippen LogP contribution in [0.2, 0.25) is 0 Å². The number of sulfonamides is 1. The fraction of sp³-hybridized carbons (Fsp3) is 0.500. The van der Waals surface area contributed by atoms with Crippen LogP contribution in [0.5, 0.6) is 0 Å². The van der Waals surface area contributed by atoms with Crippen molar-refractivity contribution in [3.05, 3.63) is 28.7 Å². The molecule has 2 rings (SSSR count). The standard InChI is InChI=1S/C16H23N3O6S/c1-4-18(5-2)26(22,23)12-6-7-13-14(10-12)25-16(21)19(13)11-15(20)17-8-9-24-3/h6-7,10H,4-5,8-9,11H2,1-3H3,(H,17,20). The number of benzene rings is 1. The monoisotopic (exact) mass is 385 g/mol. The zero-order valence-electron chi connectivity index (χ0n) is 15.0. The fourth-order valence-corrected chi connectivity index (χ4v) is 4.04. The van der Waals surface area contributed by atoms with Crippen molar-refractivity contribution in [2.24, 2.45) is 0 Å². The molecule has 0 saturated carbocycles. The third-order valence-electron chi connectivity index (χ3n) is 3.91. The summed E-state index contributed by atoms with van der Waals surface area (Å²) >= 11 is 0. The van der Waals surface area contributed by atoms with E-state index in [1.54, 1.807) is 13.8 Å². The molecule has 0 atom stereocenters. The number of nitrogens with one attached hydrogen (secondary N) is 1. The Labute approximate surface area is 151 Å². The molecule has 0 saturated heterocycles. The minimum Gasteiger partial charge on any atom is -0.408 e. The van der Waals surface area contributed by atoms with Crippen molar-refractivity contribution in [3.63, 3.8) is 0 Å². The van der Waals surface area contributed by atoms with E-state index in [0.29, 0.717) is 31.8 Å². The first-order valence-corrected chi connectivity index (χ1v) is 9.68. The Hall–Kier alpha value is -2.17. The lowest BCUT2D eigenvalue weighted by atomic mass is 10.3. The maximum Gasteiger partial charge on any atom is 0.420 e. The van der Waals surface area contributed by atoms with Gasteiger partial charge in [-0.3, -0.25) is 9.36 Å². The van der Waals surface area contributed by atoms with Gasteiger partial charge in [0.25, 0.3) is 0 Å². The van der Waals surface area contributed by atoms with Crippen molar-refractivity contribution in [2.75, 3.05) is 33.4 Å². The highest BCUT2D eigenvalue weighted by Gasteiger charge is 2.23. The zero-order chi connectivity index (χ0) is 19.3. The lowest BCUT2D eigenvalue weighted by Gasteiger charge is -2.18. The van der Waals surface area contributed by atoms with Crippen LogP contribution in [-0.4, -0.2) is 56.5 Å². The molecule has 1 aromatic heterocycles. The molecule has 0 spiro atoms. The van der Waals surface area contributed by atoms with Gasteiger partial charge in [0.1, 0.15) is 6.54 Å². The SMILES string of the molecule is CCN(CC)S(=O)(=O)c1ccc2c(c1)oc(=O)n2CC(=O)NCCOC. The summed E-state index contributed by atoms with van der Waals surface area (Å²) in [7, 11) is -2.15. The van der Waals surface area contributed by atoms with Crippen molar-refractivity contribution >= 4 is 27.0 Å². The summed E-state index contributed by atoms with van der Waals surface area (Å²) in [5.41, 5.74) is 0.475. The average Bonchev–Trinajstić information content (AvgIpc) is 2.91. The second-order valence-corrected chi connectivity index (χ2v) is 7.45. The Morgan fingerprint density at radius 1 is 1.31 bits per heavy atom. The highest BCUT2D eigenvalue weighted by molar-refractivity contribution is 7.89. The van der Waals surface area contributed by atoms with Crippen LogP contribution >= 0.6 is 0 Å². The number of methoxy groups -OCH3 is 1. The molecule has 26 heavy (non-hydrogen) atoms. The molecule has 10 heteroatoms. The van der Waals surface area contributed by atoms with E-state index in [1.165, 1.54) is 29.6 Å². The molecule has 0 bridgehead atoms. The van der Waals surface area contributed by atoms with E-state index in [4.69, 9.17) is 9.15 Å². The van der Waals surface area contributed by atoms with Crippen LogP contribution < -0.4 is 11.1 Å². The van der Waals surface area contributed by atoms with Gasteiger partial charge in [-0.2, -0.15) is 4.31 Å². The van der Waals surface area contributed by atoms with Crippen LogP contribution in [0, 0.1) is 0 Å². The molecule has 1 N–H and O–H groups in total. The Kier molecular flexibility index (Phi) is 6.57. The Morgan fingerprint density at radius 3 is 2.62 bits per heavy atom. The summed E-state index contributed by atoms with van der Waals surface area (Å²) in [5.74, 6) is -1.09. The van der Waals surface area contributed by atoms with Crippen LogP contribution in [0.3, 0.4) is 0 Å².